The molecule has 7 heteroatoms. The van der Waals surface area contributed by atoms with E-state index < -0.39 is 0 Å². The fourth-order valence-electron chi connectivity index (χ4n) is 3.11. The van der Waals surface area contributed by atoms with Gasteiger partial charge in [-0.3, -0.25) is 5.43 Å². The lowest BCUT2D eigenvalue weighted by Crippen LogP contribution is -2.23. The van der Waals surface area contributed by atoms with Gasteiger partial charge in [0.2, 0.25) is 0 Å². The van der Waals surface area contributed by atoms with E-state index in [1.807, 2.05) is 42.6 Å². The minimum absolute atomic E-state index is 0.131. The van der Waals surface area contributed by atoms with Gasteiger partial charge in [0.15, 0.2) is 16.6 Å². The molecule has 0 saturated heterocycles. The van der Waals surface area contributed by atoms with E-state index >= 15 is 0 Å². The van der Waals surface area contributed by atoms with E-state index in [0.29, 0.717) is 13.2 Å². The van der Waals surface area contributed by atoms with Gasteiger partial charge in [-0.15, -0.1) is 6.58 Å². The summed E-state index contributed by atoms with van der Waals surface area (Å²) in [4.78, 5) is 0. The molecule has 3 N–H and O–H groups in total. The Morgan fingerprint density at radius 3 is 2.86 bits per heavy atom. The van der Waals surface area contributed by atoms with Gasteiger partial charge in [-0.1, -0.05) is 30.3 Å². The summed E-state index contributed by atoms with van der Waals surface area (Å²) < 4.78 is 13.6. The second-order valence-electron chi connectivity index (χ2n) is 6.36. The smallest absolute Gasteiger partial charge is 0.184 e. The van der Waals surface area contributed by atoms with Crippen LogP contribution in [0.25, 0.3) is 10.9 Å². The van der Waals surface area contributed by atoms with E-state index in [-0.39, 0.29) is 5.11 Å². The van der Waals surface area contributed by atoms with Crippen molar-refractivity contribution in [2.24, 2.45) is 10.8 Å². The van der Waals surface area contributed by atoms with Crippen LogP contribution in [0.3, 0.4) is 0 Å². The van der Waals surface area contributed by atoms with Gasteiger partial charge < -0.3 is 19.8 Å². The Balaban J connectivity index is 1.73. The second-order valence-corrected chi connectivity index (χ2v) is 6.80. The van der Waals surface area contributed by atoms with E-state index in [1.54, 1.807) is 13.3 Å². The number of hydrogen-bond acceptors (Lipinski definition) is 4. The molecule has 0 spiro atoms. The van der Waals surface area contributed by atoms with Crippen LogP contribution in [0.1, 0.15) is 11.1 Å². The number of thiocarbonyl (C=S) groups is 1. The van der Waals surface area contributed by atoms with Crippen molar-refractivity contribution in [1.29, 1.82) is 0 Å². The van der Waals surface area contributed by atoms with Gasteiger partial charge >= 0.3 is 0 Å². The molecule has 0 atom stereocenters. The molecule has 0 saturated carbocycles. The predicted octanol–water partition coefficient (Wildman–Crippen LogP) is 3.62. The number of benzene rings is 2. The van der Waals surface area contributed by atoms with Crippen LogP contribution in [0.2, 0.25) is 0 Å². The largest absolute Gasteiger partial charge is 0.493 e. The zero-order valence-corrected chi connectivity index (χ0v) is 17.1. The summed E-state index contributed by atoms with van der Waals surface area (Å²) in [6.45, 7) is 4.94. The third kappa shape index (κ3) is 5.14. The predicted molar refractivity (Wildman–Crippen MR) is 122 cm³/mol. The van der Waals surface area contributed by atoms with Gasteiger partial charge in [0.05, 0.1) is 19.9 Å². The van der Waals surface area contributed by atoms with E-state index in [4.69, 9.17) is 27.4 Å². The summed E-state index contributed by atoms with van der Waals surface area (Å²) in [5.41, 5.74) is 11.2. The van der Waals surface area contributed by atoms with Crippen molar-refractivity contribution < 1.29 is 9.47 Å². The highest BCUT2D eigenvalue weighted by Gasteiger charge is 2.09. The molecular weight excluding hydrogens is 384 g/mol. The van der Waals surface area contributed by atoms with Crippen LogP contribution >= 0.6 is 12.2 Å². The van der Waals surface area contributed by atoms with Crippen molar-refractivity contribution in [2.75, 3.05) is 13.7 Å². The molecule has 0 radical (unpaired) electrons. The Bertz CT molecular complexity index is 1040. The number of allylic oxidation sites excluding steroid dienone is 1. The average molecular weight is 409 g/mol. The third-order valence-electron chi connectivity index (χ3n) is 4.40. The summed E-state index contributed by atoms with van der Waals surface area (Å²) in [5, 5.41) is 5.29. The standard InChI is InChI=1S/C22H24N4O2S/c1-3-6-16-9-10-20(21(13-16)27-2)28-12-11-26-15-17(14-24-25-22(23)29)18-7-4-5-8-19(18)26/h3-5,7-10,13-15H,1,6,11-12H2,2H3,(H3,23,25,29)/b24-14-. The number of nitrogens with one attached hydrogen (secondary N) is 1. The average Bonchev–Trinajstić information content (AvgIpc) is 3.07. The molecule has 0 unspecified atom stereocenters. The van der Waals surface area contributed by atoms with Gasteiger partial charge in [-0.05, 0) is 42.4 Å². The van der Waals surface area contributed by atoms with Crippen LogP contribution in [-0.2, 0) is 13.0 Å². The molecule has 3 aromatic rings. The number of para-hydroxylation sites is 1. The van der Waals surface area contributed by atoms with Gasteiger partial charge in [0, 0.05) is 22.7 Å². The first-order valence-corrected chi connectivity index (χ1v) is 9.60. The number of rotatable bonds is 9. The van der Waals surface area contributed by atoms with Crippen molar-refractivity contribution >= 4 is 34.4 Å². The monoisotopic (exact) mass is 408 g/mol. The van der Waals surface area contributed by atoms with Crippen molar-refractivity contribution in [1.82, 2.24) is 9.99 Å². The summed E-state index contributed by atoms with van der Waals surface area (Å²) >= 11 is 4.77. The van der Waals surface area contributed by atoms with Crippen LogP contribution in [0, 0.1) is 0 Å². The van der Waals surface area contributed by atoms with Crippen molar-refractivity contribution in [3.05, 3.63) is 72.4 Å². The number of fused-ring (bicyclic) bond motifs is 1. The van der Waals surface area contributed by atoms with Crippen LogP contribution in [0.5, 0.6) is 11.5 Å². The zero-order valence-electron chi connectivity index (χ0n) is 16.3. The van der Waals surface area contributed by atoms with Crippen molar-refractivity contribution in [3.8, 4) is 11.5 Å². The van der Waals surface area contributed by atoms with Crippen LogP contribution in [0.15, 0.2) is 66.4 Å². The molecule has 0 aliphatic heterocycles. The minimum atomic E-state index is 0.131. The molecular formula is C22H24N4O2S. The summed E-state index contributed by atoms with van der Waals surface area (Å²) in [6, 6.07) is 14.1. The van der Waals surface area contributed by atoms with Gasteiger partial charge in [-0.2, -0.15) is 5.10 Å². The number of ether oxygens (including phenoxy) is 2. The quantitative estimate of drug-likeness (QED) is 0.245. The Hall–Kier alpha value is -3.32. The SMILES string of the molecule is C=CCc1ccc(OCCn2cc(/C=N\NC(N)=S)c3ccccc32)c(OC)c1. The number of hydrazone groups is 1. The highest BCUT2D eigenvalue weighted by molar-refractivity contribution is 7.80. The van der Waals surface area contributed by atoms with Gasteiger partial charge in [0.25, 0.3) is 0 Å². The maximum atomic E-state index is 5.98. The summed E-state index contributed by atoms with van der Waals surface area (Å²) in [5.74, 6) is 1.44. The van der Waals surface area contributed by atoms with E-state index in [1.165, 1.54) is 0 Å². The van der Waals surface area contributed by atoms with E-state index in [0.717, 1.165) is 39.9 Å². The topological polar surface area (TPSA) is 73.8 Å². The number of aromatic nitrogens is 1. The lowest BCUT2D eigenvalue weighted by molar-refractivity contribution is 0.281. The van der Waals surface area contributed by atoms with Crippen LogP contribution < -0.4 is 20.6 Å². The third-order valence-corrected chi connectivity index (χ3v) is 4.49. The van der Waals surface area contributed by atoms with Crippen molar-refractivity contribution in [2.45, 2.75) is 13.0 Å². The lowest BCUT2D eigenvalue weighted by Gasteiger charge is -2.12. The first kappa shape index (κ1) is 20.4. The Labute approximate surface area is 175 Å². The molecule has 0 amide bonds. The molecule has 6 nitrogen and oxygen atoms in total. The maximum absolute atomic E-state index is 5.98. The molecule has 0 aliphatic carbocycles. The van der Waals surface area contributed by atoms with Crippen LogP contribution in [-0.4, -0.2) is 29.6 Å². The minimum Gasteiger partial charge on any atom is -0.493 e. The number of methoxy groups -OCH3 is 1. The molecule has 0 aliphatic rings. The Morgan fingerprint density at radius 1 is 1.28 bits per heavy atom. The van der Waals surface area contributed by atoms with E-state index in [9.17, 15) is 0 Å². The molecule has 1 aromatic heterocycles. The molecule has 3 rings (SSSR count). The van der Waals surface area contributed by atoms with E-state index in [2.05, 4.69) is 33.8 Å². The maximum Gasteiger partial charge on any atom is 0.184 e. The molecule has 150 valence electrons. The molecule has 29 heavy (non-hydrogen) atoms. The fraction of sp³-hybridized carbons (Fsp3) is 0.182. The summed E-state index contributed by atoms with van der Waals surface area (Å²) in [7, 11) is 1.64. The Morgan fingerprint density at radius 2 is 2.10 bits per heavy atom. The van der Waals surface area contributed by atoms with Crippen molar-refractivity contribution in [3.63, 3.8) is 0 Å². The molecule has 2 aromatic carbocycles. The normalized spacial score (nSPS) is 10.9. The number of nitrogens with two attached hydrogens (primary N) is 1. The van der Waals surface area contributed by atoms with Gasteiger partial charge in [-0.25, -0.2) is 0 Å². The fourth-order valence-corrected chi connectivity index (χ4v) is 3.16. The zero-order chi connectivity index (χ0) is 20.6. The lowest BCUT2D eigenvalue weighted by atomic mass is 10.1. The molecule has 0 fully saturated rings. The number of nitrogens with zero attached hydrogens (tertiary/aromatic N) is 2. The Kier molecular flexibility index (Phi) is 6.86. The first-order chi connectivity index (χ1) is 14.1. The highest BCUT2D eigenvalue weighted by Crippen LogP contribution is 2.28. The summed E-state index contributed by atoms with van der Waals surface area (Å²) in [6.07, 6.45) is 6.40. The first-order valence-electron chi connectivity index (χ1n) is 9.19. The second kappa shape index (κ2) is 9.75. The van der Waals surface area contributed by atoms with Crippen LogP contribution in [0.4, 0.5) is 0 Å². The van der Waals surface area contributed by atoms with Gasteiger partial charge in [0.1, 0.15) is 6.61 Å². The highest BCUT2D eigenvalue weighted by atomic mass is 32.1. The number of hydrogen-bond donors (Lipinski definition) is 2. The molecule has 1 heterocycles. The molecule has 0 bridgehead atoms.